The van der Waals surface area contributed by atoms with Gasteiger partial charge >= 0.3 is 12.1 Å². The molecule has 0 aromatic heterocycles. The van der Waals surface area contributed by atoms with Crippen LogP contribution in [0, 0.1) is 0 Å². The number of piperidine rings is 1. The second-order valence-corrected chi connectivity index (χ2v) is 6.68. The van der Waals surface area contributed by atoms with Gasteiger partial charge in [0.25, 0.3) is 0 Å². The minimum atomic E-state index is -0.421. The smallest absolute Gasteiger partial charge is 0.407 e. The number of aryl methyl sites for hydroxylation is 1. The molecule has 1 aromatic rings. The molecule has 2 fully saturated rings. The maximum absolute atomic E-state index is 12.5. The topological polar surface area (TPSA) is 70.7 Å². The number of likely N-dealkylation sites (tertiary alicyclic amines) is 1. The molecule has 6 nitrogen and oxygen atoms in total. The molecule has 0 aliphatic carbocycles. The highest BCUT2D eigenvalue weighted by molar-refractivity contribution is 5.75. The summed E-state index contributed by atoms with van der Waals surface area (Å²) in [6, 6.07) is 8.24. The fourth-order valence-electron chi connectivity index (χ4n) is 3.30. The molecule has 1 atom stereocenters. The number of amides is 3. The van der Waals surface area contributed by atoms with Crippen LogP contribution in [0.3, 0.4) is 0 Å². The van der Waals surface area contributed by atoms with Crippen LogP contribution in [0.1, 0.15) is 43.9 Å². The summed E-state index contributed by atoms with van der Waals surface area (Å²) in [5.41, 5.74) is 1.97. The lowest BCUT2D eigenvalue weighted by Crippen LogP contribution is -2.51. The van der Waals surface area contributed by atoms with Gasteiger partial charge in [0.05, 0.1) is 12.6 Å². The number of hydrogen-bond donors (Lipinski definition) is 2. The highest BCUT2D eigenvalue weighted by Crippen LogP contribution is 2.29. The second kappa shape index (κ2) is 6.71. The lowest BCUT2D eigenvalue weighted by molar-refractivity contribution is 0.00959. The van der Waals surface area contributed by atoms with E-state index >= 15 is 0 Å². The van der Waals surface area contributed by atoms with Crippen LogP contribution < -0.4 is 10.6 Å². The maximum atomic E-state index is 12.5. The van der Waals surface area contributed by atoms with E-state index in [1.807, 2.05) is 6.92 Å². The summed E-state index contributed by atoms with van der Waals surface area (Å²) in [4.78, 5) is 25.5. The number of benzene rings is 1. The van der Waals surface area contributed by atoms with Crippen molar-refractivity contribution in [2.45, 2.75) is 44.8 Å². The Labute approximate surface area is 142 Å². The average molecular weight is 331 g/mol. The van der Waals surface area contributed by atoms with Gasteiger partial charge in [-0.3, -0.25) is 0 Å². The molecule has 2 aliphatic rings. The molecule has 3 amide bonds. The zero-order valence-electron chi connectivity index (χ0n) is 14.3. The maximum Gasteiger partial charge on any atom is 0.407 e. The van der Waals surface area contributed by atoms with Gasteiger partial charge in [0.2, 0.25) is 0 Å². The van der Waals surface area contributed by atoms with Crippen molar-refractivity contribution in [2.75, 3.05) is 19.6 Å². The third kappa shape index (κ3) is 3.47. The van der Waals surface area contributed by atoms with Crippen LogP contribution in [-0.4, -0.2) is 42.3 Å². The fraction of sp³-hybridized carbons (Fsp3) is 0.556. The molecule has 0 radical (unpaired) electrons. The van der Waals surface area contributed by atoms with Crippen LogP contribution >= 0.6 is 0 Å². The van der Waals surface area contributed by atoms with Crippen molar-refractivity contribution in [3.8, 4) is 0 Å². The summed E-state index contributed by atoms with van der Waals surface area (Å²) >= 11 is 0. The van der Waals surface area contributed by atoms with E-state index in [-0.39, 0.29) is 18.2 Å². The Morgan fingerprint density at radius 1 is 1.33 bits per heavy atom. The molecule has 1 spiro atoms. The van der Waals surface area contributed by atoms with Gasteiger partial charge in [0, 0.05) is 25.9 Å². The zero-order valence-corrected chi connectivity index (χ0v) is 14.3. The number of urea groups is 1. The monoisotopic (exact) mass is 331 g/mol. The minimum Gasteiger partial charge on any atom is -0.441 e. The molecule has 1 unspecified atom stereocenters. The minimum absolute atomic E-state index is 0.0368. The van der Waals surface area contributed by atoms with Gasteiger partial charge in [0.15, 0.2) is 0 Å². The van der Waals surface area contributed by atoms with Gasteiger partial charge in [-0.15, -0.1) is 0 Å². The highest BCUT2D eigenvalue weighted by Gasteiger charge is 2.43. The molecular formula is C18H25N3O3. The Hall–Kier alpha value is -2.24. The molecule has 2 N–H and O–H groups in total. The fourth-order valence-corrected chi connectivity index (χ4v) is 3.30. The predicted molar refractivity (Wildman–Crippen MR) is 90.8 cm³/mol. The SMILES string of the molecule is CCc1ccc(C(C)NC(=O)N2CCC3(CC2)CNC(=O)O3)cc1. The van der Waals surface area contributed by atoms with Gasteiger partial charge in [-0.25, -0.2) is 9.59 Å². The highest BCUT2D eigenvalue weighted by atomic mass is 16.6. The first-order valence-corrected chi connectivity index (χ1v) is 8.62. The largest absolute Gasteiger partial charge is 0.441 e. The summed E-state index contributed by atoms with van der Waals surface area (Å²) in [7, 11) is 0. The number of rotatable bonds is 3. The lowest BCUT2D eigenvalue weighted by atomic mass is 9.92. The Balaban J connectivity index is 1.52. The molecule has 2 heterocycles. The van der Waals surface area contributed by atoms with Gasteiger partial charge in [0.1, 0.15) is 5.60 Å². The third-order valence-electron chi connectivity index (χ3n) is 5.05. The van der Waals surface area contributed by atoms with Crippen molar-refractivity contribution < 1.29 is 14.3 Å². The van der Waals surface area contributed by atoms with E-state index in [9.17, 15) is 9.59 Å². The summed E-state index contributed by atoms with van der Waals surface area (Å²) in [6.07, 6.45) is 2.02. The van der Waals surface area contributed by atoms with E-state index in [2.05, 4.69) is 41.8 Å². The van der Waals surface area contributed by atoms with Crippen molar-refractivity contribution in [3.63, 3.8) is 0 Å². The first kappa shape index (κ1) is 16.6. The number of alkyl carbamates (subject to hydrolysis) is 1. The Bertz CT molecular complexity index is 606. The van der Waals surface area contributed by atoms with Crippen LogP contribution in [0.5, 0.6) is 0 Å². The molecule has 0 saturated carbocycles. The Morgan fingerprint density at radius 2 is 2.00 bits per heavy atom. The number of hydrogen-bond acceptors (Lipinski definition) is 3. The second-order valence-electron chi connectivity index (χ2n) is 6.68. The van der Waals surface area contributed by atoms with Gasteiger partial charge in [-0.1, -0.05) is 31.2 Å². The van der Waals surface area contributed by atoms with E-state index in [0.717, 1.165) is 12.0 Å². The molecule has 2 saturated heterocycles. The number of ether oxygens (including phenoxy) is 1. The first-order chi connectivity index (χ1) is 11.5. The van der Waals surface area contributed by atoms with E-state index in [1.54, 1.807) is 4.90 Å². The van der Waals surface area contributed by atoms with E-state index in [0.29, 0.717) is 32.5 Å². The number of carbonyl (C=O) groups is 2. The van der Waals surface area contributed by atoms with Crippen molar-refractivity contribution in [3.05, 3.63) is 35.4 Å². The van der Waals surface area contributed by atoms with Crippen LogP contribution in [0.15, 0.2) is 24.3 Å². The zero-order chi connectivity index (χ0) is 17.2. The van der Waals surface area contributed by atoms with Crippen LogP contribution in [-0.2, 0) is 11.2 Å². The number of nitrogens with one attached hydrogen (secondary N) is 2. The standard InChI is InChI=1S/C18H25N3O3/c1-3-14-4-6-15(7-5-14)13(2)20-16(22)21-10-8-18(9-11-21)12-19-17(23)24-18/h4-7,13H,3,8-12H2,1-2H3,(H,19,23)(H,20,22). The molecular weight excluding hydrogens is 306 g/mol. The van der Waals surface area contributed by atoms with Gasteiger partial charge < -0.3 is 20.3 Å². The van der Waals surface area contributed by atoms with Crippen molar-refractivity contribution >= 4 is 12.1 Å². The van der Waals surface area contributed by atoms with Crippen molar-refractivity contribution in [1.82, 2.24) is 15.5 Å². The molecule has 130 valence electrons. The average Bonchev–Trinajstić information content (AvgIpc) is 2.95. The summed E-state index contributed by atoms with van der Waals surface area (Å²) in [5, 5.41) is 5.76. The van der Waals surface area contributed by atoms with E-state index in [1.165, 1.54) is 5.56 Å². The predicted octanol–water partition coefficient (Wildman–Crippen LogP) is 2.59. The van der Waals surface area contributed by atoms with Crippen LogP contribution in [0.4, 0.5) is 9.59 Å². The molecule has 24 heavy (non-hydrogen) atoms. The Kier molecular flexibility index (Phi) is 4.64. The van der Waals surface area contributed by atoms with Crippen LogP contribution in [0.25, 0.3) is 0 Å². The van der Waals surface area contributed by atoms with E-state index < -0.39 is 5.60 Å². The number of carbonyl (C=O) groups excluding carboxylic acids is 2. The normalized spacial score (nSPS) is 20.4. The summed E-state index contributed by atoms with van der Waals surface area (Å²) in [5.74, 6) is 0. The van der Waals surface area contributed by atoms with Crippen molar-refractivity contribution in [1.29, 1.82) is 0 Å². The summed E-state index contributed by atoms with van der Waals surface area (Å²) in [6.45, 7) is 5.86. The number of nitrogens with zero attached hydrogens (tertiary/aromatic N) is 1. The molecule has 6 heteroatoms. The molecule has 0 bridgehead atoms. The summed E-state index contributed by atoms with van der Waals surface area (Å²) < 4.78 is 5.38. The molecule has 1 aromatic carbocycles. The van der Waals surface area contributed by atoms with Gasteiger partial charge in [-0.05, 0) is 24.5 Å². The lowest BCUT2D eigenvalue weighted by Gasteiger charge is -2.37. The first-order valence-electron chi connectivity index (χ1n) is 8.62. The quantitative estimate of drug-likeness (QED) is 0.894. The third-order valence-corrected chi connectivity index (χ3v) is 5.05. The molecule has 3 rings (SSSR count). The van der Waals surface area contributed by atoms with Gasteiger partial charge in [-0.2, -0.15) is 0 Å². The Morgan fingerprint density at radius 3 is 2.54 bits per heavy atom. The molecule has 2 aliphatic heterocycles. The van der Waals surface area contributed by atoms with Crippen LogP contribution in [0.2, 0.25) is 0 Å². The van der Waals surface area contributed by atoms with Crippen molar-refractivity contribution in [2.24, 2.45) is 0 Å². The van der Waals surface area contributed by atoms with E-state index in [4.69, 9.17) is 4.74 Å².